The molecule has 1 aromatic carbocycles. The normalized spacial score (nSPS) is 12.6. The Balaban J connectivity index is 2.39. The molecule has 5 nitrogen and oxygen atoms in total. The van der Waals surface area contributed by atoms with Crippen LogP contribution in [0, 0.1) is 0 Å². The molecule has 1 aromatic heterocycles. The van der Waals surface area contributed by atoms with Gasteiger partial charge in [0.15, 0.2) is 5.82 Å². The van der Waals surface area contributed by atoms with Gasteiger partial charge in [-0.2, -0.15) is 5.10 Å². The molecule has 2 aromatic rings. The van der Waals surface area contributed by atoms with Crippen LogP contribution in [-0.2, 0) is 11.8 Å². The topological polar surface area (TPSA) is 56.2 Å². The van der Waals surface area contributed by atoms with Crippen LogP contribution in [0.2, 0.25) is 0 Å². The number of rotatable bonds is 6. The highest BCUT2D eigenvalue weighted by molar-refractivity contribution is 8.00. The fourth-order valence-corrected chi connectivity index (χ4v) is 2.98. The van der Waals surface area contributed by atoms with Gasteiger partial charge >= 0.3 is 0 Å². The first-order chi connectivity index (χ1) is 10.4. The number of anilines is 1. The highest BCUT2D eigenvalue weighted by Crippen LogP contribution is 2.32. The Morgan fingerprint density at radius 2 is 2.14 bits per heavy atom. The summed E-state index contributed by atoms with van der Waals surface area (Å²) >= 11 is 1.61. The van der Waals surface area contributed by atoms with Crippen molar-refractivity contribution in [3.63, 3.8) is 0 Å². The summed E-state index contributed by atoms with van der Waals surface area (Å²) in [6.45, 7) is 7.90. The molecule has 2 rings (SSSR count). The zero-order chi connectivity index (χ0) is 16.3. The van der Waals surface area contributed by atoms with Gasteiger partial charge in [0.2, 0.25) is 5.91 Å². The van der Waals surface area contributed by atoms with Gasteiger partial charge in [-0.05, 0) is 38.7 Å². The van der Waals surface area contributed by atoms with Crippen molar-refractivity contribution in [1.29, 1.82) is 0 Å². The highest BCUT2D eigenvalue weighted by Gasteiger charge is 2.19. The number of carbonyl (C=O) groups is 1. The van der Waals surface area contributed by atoms with Gasteiger partial charge in [-0.1, -0.05) is 13.0 Å². The van der Waals surface area contributed by atoms with Crippen LogP contribution in [0.1, 0.15) is 27.7 Å². The zero-order valence-electron chi connectivity index (χ0n) is 13.7. The molecule has 0 fully saturated rings. The molecule has 0 radical (unpaired) electrons. The first-order valence-corrected chi connectivity index (χ1v) is 8.53. The third kappa shape index (κ3) is 3.55. The van der Waals surface area contributed by atoms with E-state index in [4.69, 9.17) is 4.74 Å². The fourth-order valence-electron chi connectivity index (χ4n) is 2.26. The van der Waals surface area contributed by atoms with Crippen molar-refractivity contribution >= 4 is 34.4 Å². The number of nitrogens with one attached hydrogen (secondary N) is 1. The maximum Gasteiger partial charge on any atom is 0.238 e. The van der Waals surface area contributed by atoms with Crippen molar-refractivity contribution in [2.75, 3.05) is 11.1 Å². The van der Waals surface area contributed by atoms with Crippen LogP contribution >= 0.6 is 11.8 Å². The molecule has 6 heteroatoms. The van der Waals surface area contributed by atoms with Crippen molar-refractivity contribution in [3.8, 4) is 5.75 Å². The third-order valence-corrected chi connectivity index (χ3v) is 4.28. The minimum Gasteiger partial charge on any atom is -0.490 e. The number of thioether (sulfide) groups is 1. The maximum atomic E-state index is 12.3. The van der Waals surface area contributed by atoms with Crippen molar-refractivity contribution in [3.05, 3.63) is 18.2 Å². The summed E-state index contributed by atoms with van der Waals surface area (Å²) in [7, 11) is 1.86. The van der Waals surface area contributed by atoms with E-state index in [0.717, 1.165) is 22.4 Å². The van der Waals surface area contributed by atoms with Crippen LogP contribution in [0.5, 0.6) is 5.75 Å². The summed E-state index contributed by atoms with van der Waals surface area (Å²) in [5.74, 6) is 2.17. The van der Waals surface area contributed by atoms with E-state index in [-0.39, 0.29) is 17.3 Å². The van der Waals surface area contributed by atoms with Gasteiger partial charge in [0, 0.05) is 7.05 Å². The minimum absolute atomic E-state index is 0.0359. The van der Waals surface area contributed by atoms with E-state index < -0.39 is 0 Å². The van der Waals surface area contributed by atoms with Gasteiger partial charge in [0.1, 0.15) is 5.75 Å². The number of hydrogen-bond acceptors (Lipinski definition) is 4. The van der Waals surface area contributed by atoms with E-state index >= 15 is 0 Å². The molecule has 1 N–H and O–H groups in total. The number of aromatic nitrogens is 2. The van der Waals surface area contributed by atoms with E-state index in [2.05, 4.69) is 10.4 Å². The lowest BCUT2D eigenvalue weighted by Crippen LogP contribution is -2.23. The van der Waals surface area contributed by atoms with Gasteiger partial charge in [-0.15, -0.1) is 11.8 Å². The Labute approximate surface area is 135 Å². The number of carbonyl (C=O) groups excluding carboxylic acids is 1. The van der Waals surface area contributed by atoms with Crippen molar-refractivity contribution in [2.24, 2.45) is 7.05 Å². The molecule has 0 aliphatic rings. The monoisotopic (exact) mass is 321 g/mol. The smallest absolute Gasteiger partial charge is 0.238 e. The second-order valence-corrected chi connectivity index (χ2v) is 6.99. The quantitative estimate of drug-likeness (QED) is 0.885. The second-order valence-electron chi connectivity index (χ2n) is 5.38. The van der Waals surface area contributed by atoms with E-state index in [0.29, 0.717) is 5.82 Å². The molecule has 0 unspecified atom stereocenters. The molecule has 120 valence electrons. The molecule has 22 heavy (non-hydrogen) atoms. The van der Waals surface area contributed by atoms with Crippen molar-refractivity contribution in [1.82, 2.24) is 9.78 Å². The Bertz CT molecular complexity index is 667. The molecule has 0 aliphatic heterocycles. The molecule has 0 saturated carbocycles. The molecule has 1 heterocycles. The molecule has 0 spiro atoms. The van der Waals surface area contributed by atoms with Gasteiger partial charge in [-0.25, -0.2) is 0 Å². The third-order valence-electron chi connectivity index (χ3n) is 3.23. The molecule has 1 atom stereocenters. The Kier molecular flexibility index (Phi) is 5.34. The largest absolute Gasteiger partial charge is 0.490 e. The van der Waals surface area contributed by atoms with Gasteiger partial charge in [-0.3, -0.25) is 9.48 Å². The molecule has 0 aliphatic carbocycles. The average molecular weight is 321 g/mol. The van der Waals surface area contributed by atoms with Crippen LogP contribution in [-0.4, -0.2) is 32.8 Å². The van der Waals surface area contributed by atoms with E-state index in [9.17, 15) is 4.79 Å². The number of fused-ring (bicyclic) bond motifs is 1. The van der Waals surface area contributed by atoms with E-state index in [1.54, 1.807) is 16.4 Å². The van der Waals surface area contributed by atoms with Crippen LogP contribution in [0.3, 0.4) is 0 Å². The van der Waals surface area contributed by atoms with Crippen LogP contribution in [0.15, 0.2) is 18.2 Å². The predicted octanol–water partition coefficient (Wildman–Crippen LogP) is 3.44. The minimum atomic E-state index is -0.111. The molecular weight excluding hydrogens is 298 g/mol. The Morgan fingerprint density at radius 1 is 1.41 bits per heavy atom. The number of hydrogen-bond donors (Lipinski definition) is 1. The number of benzene rings is 1. The van der Waals surface area contributed by atoms with Crippen molar-refractivity contribution in [2.45, 2.75) is 39.0 Å². The van der Waals surface area contributed by atoms with Crippen LogP contribution in [0.25, 0.3) is 10.9 Å². The summed E-state index contributed by atoms with van der Waals surface area (Å²) in [4.78, 5) is 12.3. The number of amides is 1. The first-order valence-electron chi connectivity index (χ1n) is 7.48. The predicted molar refractivity (Wildman–Crippen MR) is 92.7 cm³/mol. The lowest BCUT2D eigenvalue weighted by molar-refractivity contribution is -0.115. The molecule has 0 saturated heterocycles. The zero-order valence-corrected chi connectivity index (χ0v) is 14.5. The van der Waals surface area contributed by atoms with Gasteiger partial charge in [0.05, 0.1) is 22.3 Å². The summed E-state index contributed by atoms with van der Waals surface area (Å²) in [6.07, 6.45) is 0.0592. The standard InChI is InChI=1S/C16H23N3O2S/c1-6-22-11(4)16(20)17-15-14-12(19(5)18-15)8-7-9-13(14)21-10(2)3/h7-11H,6H2,1-5H3,(H,17,18,20)/t11-/m1/s1. The summed E-state index contributed by atoms with van der Waals surface area (Å²) in [5, 5.41) is 8.10. The Morgan fingerprint density at radius 3 is 2.77 bits per heavy atom. The number of nitrogens with zero attached hydrogens (tertiary/aromatic N) is 2. The summed E-state index contributed by atoms with van der Waals surface area (Å²) in [6, 6.07) is 5.81. The fraction of sp³-hybridized carbons (Fsp3) is 0.500. The number of ether oxygens (including phenoxy) is 1. The number of aryl methyl sites for hydroxylation is 1. The molecular formula is C16H23N3O2S. The average Bonchev–Trinajstić information content (AvgIpc) is 2.76. The van der Waals surface area contributed by atoms with E-state index in [1.807, 2.05) is 52.9 Å². The molecule has 1 amide bonds. The second kappa shape index (κ2) is 7.05. The van der Waals surface area contributed by atoms with Crippen LogP contribution in [0.4, 0.5) is 5.82 Å². The summed E-state index contributed by atoms with van der Waals surface area (Å²) < 4.78 is 7.62. The van der Waals surface area contributed by atoms with Gasteiger partial charge in [0.25, 0.3) is 0 Å². The SMILES string of the molecule is CCS[C@H](C)C(=O)Nc1nn(C)c2cccc(OC(C)C)c12. The van der Waals surface area contributed by atoms with Crippen molar-refractivity contribution < 1.29 is 9.53 Å². The van der Waals surface area contributed by atoms with Crippen LogP contribution < -0.4 is 10.1 Å². The van der Waals surface area contributed by atoms with E-state index in [1.165, 1.54) is 0 Å². The van der Waals surface area contributed by atoms with Gasteiger partial charge < -0.3 is 10.1 Å². The highest BCUT2D eigenvalue weighted by atomic mass is 32.2. The maximum absolute atomic E-state index is 12.3. The first kappa shape index (κ1) is 16.7. The molecule has 0 bridgehead atoms. The lowest BCUT2D eigenvalue weighted by Gasteiger charge is -2.13. The summed E-state index contributed by atoms with van der Waals surface area (Å²) in [5.41, 5.74) is 0.934. The Hall–Kier alpha value is -1.69. The lowest BCUT2D eigenvalue weighted by atomic mass is 10.2.